The summed E-state index contributed by atoms with van der Waals surface area (Å²) in [4.78, 5) is 0. The van der Waals surface area contributed by atoms with E-state index in [-0.39, 0.29) is 0 Å². The van der Waals surface area contributed by atoms with E-state index in [0.717, 1.165) is 35.7 Å². The molecule has 0 saturated heterocycles. The van der Waals surface area contributed by atoms with Gasteiger partial charge in [-0.1, -0.05) is 25.4 Å². The Hall–Kier alpha value is -0.730. The van der Waals surface area contributed by atoms with Crippen LogP contribution in [0.15, 0.2) is 12.1 Å². The summed E-state index contributed by atoms with van der Waals surface area (Å²) < 4.78 is 5.38. The first-order chi connectivity index (χ1) is 8.04. The van der Waals surface area contributed by atoms with E-state index in [4.69, 9.17) is 16.3 Å². The molecule has 0 aromatic heterocycles. The van der Waals surface area contributed by atoms with E-state index < -0.39 is 0 Å². The highest BCUT2D eigenvalue weighted by Gasteiger charge is 2.06. The molecule has 3 heteroatoms. The van der Waals surface area contributed by atoms with Crippen molar-refractivity contribution in [3.05, 3.63) is 28.3 Å². The second-order valence-corrected chi connectivity index (χ2v) is 5.03. The van der Waals surface area contributed by atoms with Gasteiger partial charge in [-0.25, -0.2) is 0 Å². The Morgan fingerprint density at radius 1 is 1.35 bits per heavy atom. The van der Waals surface area contributed by atoms with Gasteiger partial charge in [0.05, 0.1) is 7.11 Å². The Balaban J connectivity index is 2.60. The second kappa shape index (κ2) is 6.87. The van der Waals surface area contributed by atoms with Crippen LogP contribution < -0.4 is 10.1 Å². The van der Waals surface area contributed by atoms with Gasteiger partial charge in [0.25, 0.3) is 0 Å². The van der Waals surface area contributed by atoms with Gasteiger partial charge in [0.15, 0.2) is 0 Å². The Morgan fingerprint density at radius 3 is 2.65 bits per heavy atom. The van der Waals surface area contributed by atoms with Gasteiger partial charge in [0, 0.05) is 11.1 Å². The number of hydrogen-bond donors (Lipinski definition) is 1. The monoisotopic (exact) mass is 255 g/mol. The lowest BCUT2D eigenvalue weighted by Gasteiger charge is -2.12. The highest BCUT2D eigenvalue weighted by Crippen LogP contribution is 2.27. The van der Waals surface area contributed by atoms with Gasteiger partial charge in [0.2, 0.25) is 0 Å². The molecule has 0 amide bonds. The van der Waals surface area contributed by atoms with Gasteiger partial charge in [-0.15, -0.1) is 0 Å². The van der Waals surface area contributed by atoms with Gasteiger partial charge in [-0.05, 0) is 49.6 Å². The lowest BCUT2D eigenvalue weighted by atomic mass is 10.1. The van der Waals surface area contributed by atoms with E-state index in [2.05, 4.69) is 19.2 Å². The molecule has 0 atom stereocenters. The summed E-state index contributed by atoms with van der Waals surface area (Å²) >= 11 is 6.13. The zero-order valence-electron chi connectivity index (χ0n) is 11.1. The van der Waals surface area contributed by atoms with Crippen molar-refractivity contribution in [3.8, 4) is 5.75 Å². The van der Waals surface area contributed by atoms with E-state index in [1.54, 1.807) is 7.11 Å². The lowest BCUT2D eigenvalue weighted by molar-refractivity contribution is 0.408. The number of benzene rings is 1. The molecule has 17 heavy (non-hydrogen) atoms. The van der Waals surface area contributed by atoms with E-state index >= 15 is 0 Å². The molecular formula is C14H22ClNO. The Labute approximate surface area is 109 Å². The van der Waals surface area contributed by atoms with Crippen molar-refractivity contribution >= 4 is 11.6 Å². The molecule has 0 aliphatic rings. The molecule has 0 fully saturated rings. The predicted octanol–water partition coefficient (Wildman–Crippen LogP) is 3.59. The van der Waals surface area contributed by atoms with Crippen molar-refractivity contribution in [3.63, 3.8) is 0 Å². The fourth-order valence-electron chi connectivity index (χ4n) is 1.75. The van der Waals surface area contributed by atoms with Crippen LogP contribution in [0.1, 0.15) is 31.4 Å². The van der Waals surface area contributed by atoms with Crippen molar-refractivity contribution in [1.82, 2.24) is 5.32 Å². The number of rotatable bonds is 6. The zero-order chi connectivity index (χ0) is 12.8. The minimum absolute atomic E-state index is 0.540. The van der Waals surface area contributed by atoms with Gasteiger partial charge < -0.3 is 10.1 Å². The third-order valence-electron chi connectivity index (χ3n) is 2.74. The average molecular weight is 256 g/mol. The maximum Gasteiger partial charge on any atom is 0.122 e. The molecule has 0 spiro atoms. The Bertz CT molecular complexity index is 363. The molecule has 0 heterocycles. The van der Waals surface area contributed by atoms with Gasteiger partial charge in [0.1, 0.15) is 5.75 Å². The quantitative estimate of drug-likeness (QED) is 0.785. The summed E-state index contributed by atoms with van der Waals surface area (Å²) in [5.41, 5.74) is 2.25. The summed E-state index contributed by atoms with van der Waals surface area (Å²) in [6, 6.07) is 4.57. The topological polar surface area (TPSA) is 21.3 Å². The third kappa shape index (κ3) is 4.57. The minimum Gasteiger partial charge on any atom is -0.496 e. The van der Waals surface area contributed by atoms with Gasteiger partial charge >= 0.3 is 0 Å². The Kier molecular flexibility index (Phi) is 5.79. The van der Waals surface area contributed by atoms with Crippen LogP contribution in [0, 0.1) is 6.92 Å². The molecule has 1 aromatic carbocycles. The van der Waals surface area contributed by atoms with Crippen LogP contribution in [0.5, 0.6) is 5.75 Å². The molecule has 1 N–H and O–H groups in total. The largest absolute Gasteiger partial charge is 0.496 e. The first kappa shape index (κ1) is 14.3. The fraction of sp³-hybridized carbons (Fsp3) is 0.571. The maximum atomic E-state index is 6.13. The summed E-state index contributed by atoms with van der Waals surface area (Å²) in [5, 5.41) is 4.22. The number of aryl methyl sites for hydroxylation is 2. The van der Waals surface area contributed by atoms with Crippen LogP contribution in [0.2, 0.25) is 5.02 Å². The van der Waals surface area contributed by atoms with Crippen molar-refractivity contribution < 1.29 is 4.74 Å². The first-order valence-corrected chi connectivity index (χ1v) is 6.48. The standard InChI is InChI=1S/C14H22ClNO/c1-10(2)16-7-5-6-12-9-13(15)11(3)8-14(12)17-4/h8-10,16H,5-7H2,1-4H3. The molecule has 0 aliphatic heterocycles. The highest BCUT2D eigenvalue weighted by molar-refractivity contribution is 6.31. The summed E-state index contributed by atoms with van der Waals surface area (Å²) in [6.45, 7) is 7.33. The lowest BCUT2D eigenvalue weighted by Crippen LogP contribution is -2.23. The molecule has 0 aliphatic carbocycles. The molecule has 0 saturated carbocycles. The summed E-state index contributed by atoms with van der Waals surface area (Å²) in [6.07, 6.45) is 2.08. The molecule has 96 valence electrons. The minimum atomic E-state index is 0.540. The van der Waals surface area contributed by atoms with Crippen LogP contribution in [0.4, 0.5) is 0 Å². The number of methoxy groups -OCH3 is 1. The van der Waals surface area contributed by atoms with Gasteiger partial charge in [-0.3, -0.25) is 0 Å². The van der Waals surface area contributed by atoms with E-state index in [1.807, 2.05) is 19.1 Å². The predicted molar refractivity (Wildman–Crippen MR) is 74.2 cm³/mol. The van der Waals surface area contributed by atoms with Crippen molar-refractivity contribution in [1.29, 1.82) is 0 Å². The molecule has 0 unspecified atom stereocenters. The van der Waals surface area contributed by atoms with Crippen molar-refractivity contribution in [2.24, 2.45) is 0 Å². The van der Waals surface area contributed by atoms with E-state index in [0.29, 0.717) is 6.04 Å². The van der Waals surface area contributed by atoms with Crippen LogP contribution in [0.3, 0.4) is 0 Å². The summed E-state index contributed by atoms with van der Waals surface area (Å²) in [5.74, 6) is 0.941. The average Bonchev–Trinajstić information content (AvgIpc) is 2.28. The number of nitrogens with one attached hydrogen (secondary N) is 1. The normalized spacial score (nSPS) is 10.9. The maximum absolute atomic E-state index is 6.13. The second-order valence-electron chi connectivity index (χ2n) is 4.63. The van der Waals surface area contributed by atoms with E-state index in [1.165, 1.54) is 5.56 Å². The van der Waals surface area contributed by atoms with E-state index in [9.17, 15) is 0 Å². The van der Waals surface area contributed by atoms with Crippen LogP contribution in [0.25, 0.3) is 0 Å². The molecular weight excluding hydrogens is 234 g/mol. The highest BCUT2D eigenvalue weighted by atomic mass is 35.5. The molecule has 2 nitrogen and oxygen atoms in total. The van der Waals surface area contributed by atoms with Crippen LogP contribution in [-0.4, -0.2) is 19.7 Å². The van der Waals surface area contributed by atoms with Gasteiger partial charge in [-0.2, -0.15) is 0 Å². The first-order valence-electron chi connectivity index (χ1n) is 6.11. The molecule has 0 bridgehead atoms. The van der Waals surface area contributed by atoms with Crippen LogP contribution >= 0.6 is 11.6 Å². The fourth-order valence-corrected chi connectivity index (χ4v) is 1.94. The van der Waals surface area contributed by atoms with Crippen LogP contribution in [-0.2, 0) is 6.42 Å². The third-order valence-corrected chi connectivity index (χ3v) is 3.14. The number of hydrogen-bond acceptors (Lipinski definition) is 2. The van der Waals surface area contributed by atoms with Crippen molar-refractivity contribution in [2.45, 2.75) is 39.7 Å². The number of halogens is 1. The number of ether oxygens (including phenoxy) is 1. The molecule has 1 aromatic rings. The SMILES string of the molecule is COc1cc(C)c(Cl)cc1CCCNC(C)C. The zero-order valence-corrected chi connectivity index (χ0v) is 11.9. The smallest absolute Gasteiger partial charge is 0.122 e. The molecule has 0 radical (unpaired) electrons. The van der Waals surface area contributed by atoms with Crippen molar-refractivity contribution in [2.75, 3.05) is 13.7 Å². The molecule has 1 rings (SSSR count). The Morgan fingerprint density at radius 2 is 2.06 bits per heavy atom. The summed E-state index contributed by atoms with van der Waals surface area (Å²) in [7, 11) is 1.71.